The van der Waals surface area contributed by atoms with Gasteiger partial charge in [-0.2, -0.15) is 10.4 Å². The highest BCUT2D eigenvalue weighted by Crippen LogP contribution is 2.42. The lowest BCUT2D eigenvalue weighted by molar-refractivity contribution is 0.250. The second kappa shape index (κ2) is 6.59. The number of methoxy groups -OCH3 is 2. The maximum atomic E-state index is 14.9. The number of nitrogens with zero attached hydrogens (tertiary/aromatic N) is 5. The van der Waals surface area contributed by atoms with E-state index in [9.17, 15) is 18.8 Å². The third-order valence-corrected chi connectivity index (χ3v) is 4.75. The third kappa shape index (κ3) is 2.53. The topological polar surface area (TPSA) is 107 Å². The molecule has 2 amide bonds. The minimum absolute atomic E-state index is 0.0675. The van der Waals surface area contributed by atoms with E-state index in [0.717, 1.165) is 11.0 Å². The Morgan fingerprint density at radius 1 is 1.21 bits per heavy atom. The van der Waals surface area contributed by atoms with Crippen LogP contribution in [0.2, 0.25) is 0 Å². The number of halogens is 2. The first kappa shape index (κ1) is 18.4. The number of nitriles is 1. The van der Waals surface area contributed by atoms with Crippen LogP contribution < -0.4 is 19.3 Å². The van der Waals surface area contributed by atoms with E-state index >= 15 is 0 Å². The summed E-state index contributed by atoms with van der Waals surface area (Å²) in [6, 6.07) is 2.30. The molecule has 0 radical (unpaired) electrons. The Morgan fingerprint density at radius 3 is 2.45 bits per heavy atom. The van der Waals surface area contributed by atoms with Crippen molar-refractivity contribution >= 4 is 28.4 Å². The predicted molar refractivity (Wildman–Crippen MR) is 98.0 cm³/mol. The number of urea groups is 1. The van der Waals surface area contributed by atoms with Gasteiger partial charge < -0.3 is 9.47 Å². The minimum atomic E-state index is -1.04. The zero-order valence-electron chi connectivity index (χ0n) is 15.6. The highest BCUT2D eigenvalue weighted by Gasteiger charge is 2.36. The predicted octanol–water partition coefficient (Wildman–Crippen LogP) is 2.70. The van der Waals surface area contributed by atoms with Crippen LogP contribution in [0.1, 0.15) is 11.3 Å². The standard InChI is InChI=1S/C18H14F2N6O3/c1-25-15-8(6-22-17-12(15)9(5-21)23-24-17)7-26(18(25)27)16-13(19)10(28-2)4-11(29-3)14(16)20/h4,6H,7H2,1-3H3,(H,22,23,24). The lowest BCUT2D eigenvalue weighted by Gasteiger charge is -2.35. The van der Waals surface area contributed by atoms with Crippen molar-refractivity contribution in [2.45, 2.75) is 6.54 Å². The van der Waals surface area contributed by atoms with Crippen molar-refractivity contribution in [2.24, 2.45) is 0 Å². The fourth-order valence-electron chi connectivity index (χ4n) is 3.39. The minimum Gasteiger partial charge on any atom is -0.493 e. The summed E-state index contributed by atoms with van der Waals surface area (Å²) < 4.78 is 39.8. The molecule has 1 aliphatic heterocycles. The van der Waals surface area contributed by atoms with Crippen LogP contribution in [-0.2, 0) is 6.54 Å². The highest BCUT2D eigenvalue weighted by atomic mass is 19.1. The molecule has 29 heavy (non-hydrogen) atoms. The monoisotopic (exact) mass is 400 g/mol. The summed E-state index contributed by atoms with van der Waals surface area (Å²) in [5.74, 6) is -2.61. The summed E-state index contributed by atoms with van der Waals surface area (Å²) in [5.41, 5.74) is 0.679. The molecule has 148 valence electrons. The molecule has 1 aliphatic rings. The molecule has 1 aromatic carbocycles. The van der Waals surface area contributed by atoms with Gasteiger partial charge in [-0.05, 0) is 0 Å². The summed E-state index contributed by atoms with van der Waals surface area (Å²) in [7, 11) is 3.89. The van der Waals surface area contributed by atoms with Gasteiger partial charge in [0.2, 0.25) is 0 Å². The van der Waals surface area contributed by atoms with Gasteiger partial charge in [0.15, 0.2) is 34.5 Å². The number of aromatic nitrogens is 3. The molecule has 3 aromatic rings. The molecule has 3 heterocycles. The van der Waals surface area contributed by atoms with E-state index in [4.69, 9.17) is 9.47 Å². The van der Waals surface area contributed by atoms with Crippen molar-refractivity contribution in [2.75, 3.05) is 31.1 Å². The number of benzene rings is 1. The molecule has 0 atom stereocenters. The van der Waals surface area contributed by atoms with Crippen LogP contribution in [0.15, 0.2) is 12.3 Å². The Labute approximate surface area is 163 Å². The number of H-pyrrole nitrogens is 1. The number of anilines is 2. The van der Waals surface area contributed by atoms with Gasteiger partial charge in [0.1, 0.15) is 11.8 Å². The number of hydrogen-bond acceptors (Lipinski definition) is 6. The van der Waals surface area contributed by atoms with E-state index in [2.05, 4.69) is 15.2 Å². The summed E-state index contributed by atoms with van der Waals surface area (Å²) >= 11 is 0. The number of amides is 2. The normalized spacial score (nSPS) is 13.4. The van der Waals surface area contributed by atoms with Crippen LogP contribution >= 0.6 is 0 Å². The summed E-state index contributed by atoms with van der Waals surface area (Å²) in [5, 5.41) is 16.2. The SMILES string of the molecule is COc1cc(OC)c(F)c(N2Cc3cnc4[nH]nc(C#N)c4c3N(C)C2=O)c1F. The number of carbonyl (C=O) groups is 1. The first-order chi connectivity index (χ1) is 13.9. The highest BCUT2D eigenvalue weighted by molar-refractivity contribution is 6.11. The molecule has 0 unspecified atom stereocenters. The van der Waals surface area contributed by atoms with Gasteiger partial charge in [0.25, 0.3) is 0 Å². The molecule has 0 saturated heterocycles. The maximum Gasteiger partial charge on any atom is 0.329 e. The van der Waals surface area contributed by atoms with Gasteiger partial charge in [-0.15, -0.1) is 0 Å². The molecule has 4 rings (SSSR count). The van der Waals surface area contributed by atoms with Gasteiger partial charge in [-0.1, -0.05) is 0 Å². The third-order valence-electron chi connectivity index (χ3n) is 4.75. The van der Waals surface area contributed by atoms with Gasteiger partial charge in [0, 0.05) is 24.9 Å². The van der Waals surface area contributed by atoms with Crippen LogP contribution in [0.4, 0.5) is 25.0 Å². The zero-order valence-corrected chi connectivity index (χ0v) is 15.6. The smallest absolute Gasteiger partial charge is 0.329 e. The Kier molecular flexibility index (Phi) is 4.19. The van der Waals surface area contributed by atoms with E-state index in [1.807, 2.05) is 6.07 Å². The van der Waals surface area contributed by atoms with Crippen LogP contribution in [0, 0.1) is 23.0 Å². The summed E-state index contributed by atoms with van der Waals surface area (Å²) in [6.45, 7) is -0.179. The average Bonchev–Trinajstić information content (AvgIpc) is 3.14. The van der Waals surface area contributed by atoms with Gasteiger partial charge in [0.05, 0.1) is 31.8 Å². The number of aromatic amines is 1. The number of carbonyl (C=O) groups excluding carboxylic acids is 1. The van der Waals surface area contributed by atoms with E-state index < -0.39 is 23.4 Å². The number of ether oxygens (including phenoxy) is 2. The molecule has 0 aliphatic carbocycles. The van der Waals surface area contributed by atoms with Gasteiger partial charge in [-0.25, -0.2) is 18.6 Å². The largest absolute Gasteiger partial charge is 0.493 e. The van der Waals surface area contributed by atoms with Crippen molar-refractivity contribution < 1.29 is 23.0 Å². The Bertz CT molecular complexity index is 1170. The van der Waals surface area contributed by atoms with Gasteiger partial charge >= 0.3 is 6.03 Å². The van der Waals surface area contributed by atoms with Gasteiger partial charge in [-0.3, -0.25) is 14.9 Å². The quantitative estimate of drug-likeness (QED) is 0.724. The molecule has 9 nitrogen and oxygen atoms in total. The van der Waals surface area contributed by atoms with Crippen molar-refractivity contribution in [3.05, 3.63) is 35.2 Å². The molecule has 0 fully saturated rings. The Hall–Kier alpha value is -3.94. The molecule has 11 heteroatoms. The van der Waals surface area contributed by atoms with E-state index in [0.29, 0.717) is 22.3 Å². The fraction of sp³-hybridized carbons (Fsp3) is 0.222. The fourth-order valence-corrected chi connectivity index (χ4v) is 3.39. The first-order valence-electron chi connectivity index (χ1n) is 8.34. The van der Waals surface area contributed by atoms with E-state index in [-0.39, 0.29) is 23.7 Å². The van der Waals surface area contributed by atoms with E-state index in [1.54, 1.807) is 0 Å². The summed E-state index contributed by atoms with van der Waals surface area (Å²) in [4.78, 5) is 19.4. The molecule has 0 saturated carbocycles. The Morgan fingerprint density at radius 2 is 1.86 bits per heavy atom. The lowest BCUT2D eigenvalue weighted by Crippen LogP contribution is -2.46. The van der Waals surface area contributed by atoms with Crippen LogP contribution in [0.25, 0.3) is 11.0 Å². The van der Waals surface area contributed by atoms with Crippen molar-refractivity contribution in [3.8, 4) is 17.6 Å². The van der Waals surface area contributed by atoms with Crippen LogP contribution in [0.3, 0.4) is 0 Å². The number of rotatable bonds is 3. The molecular formula is C18H14F2N6O3. The number of fused-ring (bicyclic) bond motifs is 3. The molecular weight excluding hydrogens is 386 g/mol. The zero-order chi connectivity index (χ0) is 20.9. The molecule has 2 aromatic heterocycles. The first-order valence-corrected chi connectivity index (χ1v) is 8.34. The van der Waals surface area contributed by atoms with E-state index in [1.165, 1.54) is 32.4 Å². The average molecular weight is 400 g/mol. The Balaban J connectivity index is 1.93. The number of pyridine rings is 1. The summed E-state index contributed by atoms with van der Waals surface area (Å²) in [6.07, 6.45) is 1.46. The second-order valence-electron chi connectivity index (χ2n) is 6.23. The molecule has 0 bridgehead atoms. The number of hydrogen-bond donors (Lipinski definition) is 1. The van der Waals surface area contributed by atoms with Crippen molar-refractivity contribution in [1.82, 2.24) is 15.2 Å². The van der Waals surface area contributed by atoms with Crippen molar-refractivity contribution in [3.63, 3.8) is 0 Å². The lowest BCUT2D eigenvalue weighted by atomic mass is 10.1. The second-order valence-corrected chi connectivity index (χ2v) is 6.23. The van der Waals surface area contributed by atoms with Crippen LogP contribution in [-0.4, -0.2) is 42.5 Å². The van der Waals surface area contributed by atoms with Crippen molar-refractivity contribution in [1.29, 1.82) is 5.26 Å². The maximum absolute atomic E-state index is 14.9. The number of nitrogens with one attached hydrogen (secondary N) is 1. The van der Waals surface area contributed by atoms with Crippen LogP contribution in [0.5, 0.6) is 11.5 Å². The molecule has 0 spiro atoms. The molecule has 1 N–H and O–H groups in total.